The first-order valence-corrected chi connectivity index (χ1v) is 7.01. The van der Waals surface area contributed by atoms with Gasteiger partial charge in [-0.25, -0.2) is 15.0 Å². The Bertz CT molecular complexity index is 640. The fourth-order valence-corrected chi connectivity index (χ4v) is 2.62. The van der Waals surface area contributed by atoms with E-state index in [9.17, 15) is 0 Å². The molecule has 0 amide bonds. The van der Waals surface area contributed by atoms with E-state index in [0.717, 1.165) is 25.3 Å². The molecule has 0 radical (unpaired) electrons. The summed E-state index contributed by atoms with van der Waals surface area (Å²) in [5.74, 6) is 1.44. The number of hydrogen-bond donors (Lipinski definition) is 2. The minimum atomic E-state index is 0.589. The molecule has 2 aromatic rings. The molecule has 6 heteroatoms. The third-order valence-corrected chi connectivity index (χ3v) is 3.62. The maximum Gasteiger partial charge on any atom is 0.169 e. The molecular formula is C15H20N6. The van der Waals surface area contributed by atoms with Gasteiger partial charge in [0.05, 0.1) is 0 Å². The predicted molar refractivity (Wildman–Crippen MR) is 85.0 cm³/mol. The summed E-state index contributed by atoms with van der Waals surface area (Å²) in [6.45, 7) is 1.75. The minimum absolute atomic E-state index is 0.589. The summed E-state index contributed by atoms with van der Waals surface area (Å²) in [5, 5.41) is 1.81. The van der Waals surface area contributed by atoms with Crippen LogP contribution in [0.25, 0.3) is 0 Å². The lowest BCUT2D eigenvalue weighted by molar-refractivity contribution is 0.492. The van der Waals surface area contributed by atoms with Crippen LogP contribution in [0.15, 0.2) is 30.6 Å². The second-order valence-corrected chi connectivity index (χ2v) is 5.41. The second kappa shape index (κ2) is 5.57. The van der Waals surface area contributed by atoms with E-state index in [4.69, 9.17) is 5.73 Å². The second-order valence-electron chi connectivity index (χ2n) is 5.41. The van der Waals surface area contributed by atoms with Gasteiger partial charge in [-0.1, -0.05) is 24.3 Å². The standard InChI is InChI=1S/C15H20N6/c1-20(2)19-14-13(16)15(18-10-17-14)21-8-7-11-5-3-4-6-12(11)9-21/h3-6,10H,7-9,16H2,1-2H3,(H,17,18,19). The van der Waals surface area contributed by atoms with Gasteiger partial charge >= 0.3 is 0 Å². The molecule has 0 saturated carbocycles. The molecule has 0 fully saturated rings. The molecule has 110 valence electrons. The molecule has 1 aromatic heterocycles. The molecule has 0 saturated heterocycles. The Hall–Kier alpha value is -2.34. The number of aromatic nitrogens is 2. The topological polar surface area (TPSA) is 70.3 Å². The summed E-state index contributed by atoms with van der Waals surface area (Å²) in [6, 6.07) is 8.52. The van der Waals surface area contributed by atoms with E-state index in [1.165, 1.54) is 11.1 Å². The number of fused-ring (bicyclic) bond motifs is 1. The van der Waals surface area contributed by atoms with Gasteiger partial charge in [-0.2, -0.15) is 0 Å². The van der Waals surface area contributed by atoms with E-state index in [1.54, 1.807) is 6.33 Å². The van der Waals surface area contributed by atoms with Crippen molar-refractivity contribution in [2.24, 2.45) is 0 Å². The van der Waals surface area contributed by atoms with Crippen LogP contribution >= 0.6 is 0 Å². The van der Waals surface area contributed by atoms with Gasteiger partial charge in [0, 0.05) is 27.2 Å². The third-order valence-electron chi connectivity index (χ3n) is 3.62. The summed E-state index contributed by atoms with van der Waals surface area (Å²) < 4.78 is 0. The van der Waals surface area contributed by atoms with Crippen molar-refractivity contribution < 1.29 is 0 Å². The van der Waals surface area contributed by atoms with Gasteiger partial charge in [0.2, 0.25) is 0 Å². The highest BCUT2D eigenvalue weighted by Gasteiger charge is 2.20. The SMILES string of the molecule is CN(C)Nc1ncnc(N2CCc3ccccc3C2)c1N. The lowest BCUT2D eigenvalue weighted by Gasteiger charge is -2.31. The maximum absolute atomic E-state index is 6.23. The van der Waals surface area contributed by atoms with E-state index >= 15 is 0 Å². The zero-order valence-electron chi connectivity index (χ0n) is 12.4. The van der Waals surface area contributed by atoms with E-state index < -0.39 is 0 Å². The first kappa shape index (κ1) is 13.6. The maximum atomic E-state index is 6.23. The predicted octanol–water partition coefficient (Wildman–Crippen LogP) is 1.51. The fraction of sp³-hybridized carbons (Fsp3) is 0.333. The summed E-state index contributed by atoms with van der Waals surface area (Å²) in [7, 11) is 3.80. The Kier molecular flexibility index (Phi) is 3.62. The quantitative estimate of drug-likeness (QED) is 0.833. The number of rotatable bonds is 3. The van der Waals surface area contributed by atoms with Crippen molar-refractivity contribution in [3.05, 3.63) is 41.7 Å². The molecule has 0 bridgehead atoms. The van der Waals surface area contributed by atoms with Crippen LogP contribution < -0.4 is 16.1 Å². The number of benzene rings is 1. The molecule has 0 atom stereocenters. The average molecular weight is 284 g/mol. The minimum Gasteiger partial charge on any atom is -0.393 e. The zero-order valence-corrected chi connectivity index (χ0v) is 12.4. The zero-order chi connectivity index (χ0) is 14.8. The van der Waals surface area contributed by atoms with Crippen molar-refractivity contribution in [3.63, 3.8) is 0 Å². The normalized spacial score (nSPS) is 14.1. The Morgan fingerprint density at radius 1 is 1.19 bits per heavy atom. The number of nitrogens with zero attached hydrogens (tertiary/aromatic N) is 4. The molecule has 1 aliphatic rings. The lowest BCUT2D eigenvalue weighted by Crippen LogP contribution is -2.32. The molecule has 0 aliphatic carbocycles. The molecule has 1 aromatic carbocycles. The third kappa shape index (κ3) is 2.75. The molecule has 1 aliphatic heterocycles. The number of nitrogens with one attached hydrogen (secondary N) is 1. The summed E-state index contributed by atoms with van der Waals surface area (Å²) in [4.78, 5) is 10.8. The smallest absolute Gasteiger partial charge is 0.169 e. The van der Waals surface area contributed by atoms with Crippen LogP contribution in [0.2, 0.25) is 0 Å². The van der Waals surface area contributed by atoms with Crippen molar-refractivity contribution >= 4 is 17.3 Å². The highest BCUT2D eigenvalue weighted by atomic mass is 15.5. The van der Waals surface area contributed by atoms with Crippen LogP contribution in [0.3, 0.4) is 0 Å². The summed E-state index contributed by atoms with van der Waals surface area (Å²) in [5.41, 5.74) is 12.7. The van der Waals surface area contributed by atoms with Gasteiger partial charge in [0.1, 0.15) is 12.0 Å². The molecule has 3 rings (SSSR count). The Morgan fingerprint density at radius 3 is 2.71 bits per heavy atom. The monoisotopic (exact) mass is 284 g/mol. The van der Waals surface area contributed by atoms with E-state index in [0.29, 0.717) is 11.5 Å². The highest BCUT2D eigenvalue weighted by molar-refractivity contribution is 5.74. The van der Waals surface area contributed by atoms with Crippen LogP contribution in [0.1, 0.15) is 11.1 Å². The van der Waals surface area contributed by atoms with Crippen molar-refractivity contribution in [2.45, 2.75) is 13.0 Å². The number of hydrogen-bond acceptors (Lipinski definition) is 6. The Morgan fingerprint density at radius 2 is 1.95 bits per heavy atom. The first-order chi connectivity index (χ1) is 10.1. The number of nitrogen functional groups attached to an aromatic ring is 1. The van der Waals surface area contributed by atoms with Crippen LogP contribution in [-0.4, -0.2) is 35.6 Å². The average Bonchev–Trinajstić information content (AvgIpc) is 2.48. The molecular weight excluding hydrogens is 264 g/mol. The Labute approximate surface area is 124 Å². The summed E-state index contributed by atoms with van der Waals surface area (Å²) >= 11 is 0. The van der Waals surface area contributed by atoms with E-state index in [-0.39, 0.29) is 0 Å². The van der Waals surface area contributed by atoms with Gasteiger partial charge in [-0.15, -0.1) is 0 Å². The van der Waals surface area contributed by atoms with Gasteiger partial charge in [-0.05, 0) is 17.5 Å². The molecule has 2 heterocycles. The van der Waals surface area contributed by atoms with Crippen LogP contribution in [0.4, 0.5) is 17.3 Å². The van der Waals surface area contributed by atoms with E-state index in [2.05, 4.69) is 44.6 Å². The summed E-state index contributed by atoms with van der Waals surface area (Å²) in [6.07, 6.45) is 2.56. The van der Waals surface area contributed by atoms with Crippen molar-refractivity contribution in [3.8, 4) is 0 Å². The van der Waals surface area contributed by atoms with Crippen LogP contribution in [-0.2, 0) is 13.0 Å². The Balaban J connectivity index is 1.88. The van der Waals surface area contributed by atoms with Crippen molar-refractivity contribution in [1.29, 1.82) is 0 Å². The lowest BCUT2D eigenvalue weighted by atomic mass is 10.00. The molecule has 0 unspecified atom stereocenters. The number of anilines is 3. The molecule has 3 N–H and O–H groups in total. The largest absolute Gasteiger partial charge is 0.393 e. The van der Waals surface area contributed by atoms with Crippen molar-refractivity contribution in [1.82, 2.24) is 15.0 Å². The first-order valence-electron chi connectivity index (χ1n) is 7.01. The van der Waals surface area contributed by atoms with Gasteiger partial charge in [0.15, 0.2) is 11.6 Å². The van der Waals surface area contributed by atoms with Gasteiger partial charge < -0.3 is 16.1 Å². The fourth-order valence-electron chi connectivity index (χ4n) is 2.62. The highest BCUT2D eigenvalue weighted by Crippen LogP contribution is 2.30. The van der Waals surface area contributed by atoms with E-state index in [1.807, 2.05) is 19.1 Å². The molecule has 6 nitrogen and oxygen atoms in total. The molecule has 21 heavy (non-hydrogen) atoms. The van der Waals surface area contributed by atoms with Crippen molar-refractivity contribution in [2.75, 3.05) is 36.7 Å². The van der Waals surface area contributed by atoms with Gasteiger partial charge in [0.25, 0.3) is 0 Å². The van der Waals surface area contributed by atoms with Crippen LogP contribution in [0.5, 0.6) is 0 Å². The van der Waals surface area contributed by atoms with Crippen LogP contribution in [0, 0.1) is 0 Å². The van der Waals surface area contributed by atoms with Gasteiger partial charge in [-0.3, -0.25) is 0 Å². The number of nitrogens with two attached hydrogens (primary N) is 1. The number of hydrazine groups is 1. The molecule has 0 spiro atoms.